The van der Waals surface area contributed by atoms with E-state index in [1.807, 2.05) is 6.08 Å². The van der Waals surface area contributed by atoms with Gasteiger partial charge in [-0.05, 0) is 13.8 Å². The van der Waals surface area contributed by atoms with Crippen molar-refractivity contribution in [3.63, 3.8) is 0 Å². The summed E-state index contributed by atoms with van der Waals surface area (Å²) in [6.07, 6.45) is 1.99. The largest absolute Gasteiger partial charge is 0.499 e. The Morgan fingerprint density at radius 2 is 2.27 bits per heavy atom. The highest BCUT2D eigenvalue weighted by molar-refractivity contribution is 5.25. The molecule has 0 aromatic rings. The molecule has 2 heteroatoms. The van der Waals surface area contributed by atoms with Gasteiger partial charge in [-0.2, -0.15) is 0 Å². The maximum Gasteiger partial charge on any atom is 0.117 e. The molecule has 0 atom stereocenters. The van der Waals surface area contributed by atoms with E-state index in [2.05, 4.69) is 25.3 Å². The van der Waals surface area contributed by atoms with Gasteiger partial charge in [0, 0.05) is 17.8 Å². The molecular weight excluding hydrogens is 138 g/mol. The van der Waals surface area contributed by atoms with Crippen LogP contribution in [0.4, 0.5) is 0 Å². The summed E-state index contributed by atoms with van der Waals surface area (Å²) in [6.45, 7) is 9.09. The van der Waals surface area contributed by atoms with E-state index in [4.69, 9.17) is 4.74 Å². The first-order chi connectivity index (χ1) is 5.15. The topological polar surface area (TPSA) is 12.5 Å². The van der Waals surface area contributed by atoms with Crippen LogP contribution in [0.3, 0.4) is 0 Å². The lowest BCUT2D eigenvalue weighted by atomic mass is 10.3. The van der Waals surface area contributed by atoms with E-state index in [1.165, 1.54) is 0 Å². The maximum absolute atomic E-state index is 5.12. The molecule has 1 aliphatic heterocycles. The average molecular weight is 153 g/mol. The highest BCUT2D eigenvalue weighted by Gasteiger charge is 2.18. The second kappa shape index (κ2) is 2.99. The maximum atomic E-state index is 5.12. The van der Waals surface area contributed by atoms with Gasteiger partial charge in [0.25, 0.3) is 0 Å². The van der Waals surface area contributed by atoms with E-state index in [-0.39, 0.29) is 0 Å². The molecular formula is C9H15NO. The number of allylic oxidation sites excluding steroid dienone is 1. The minimum atomic E-state index is 0.506. The smallest absolute Gasteiger partial charge is 0.117 e. The summed E-state index contributed by atoms with van der Waals surface area (Å²) >= 11 is 0. The van der Waals surface area contributed by atoms with Crippen LogP contribution in [0, 0.1) is 0 Å². The molecule has 0 saturated carbocycles. The molecule has 62 valence electrons. The first-order valence-electron chi connectivity index (χ1n) is 3.85. The third-order valence-corrected chi connectivity index (χ3v) is 1.91. The van der Waals surface area contributed by atoms with E-state index < -0.39 is 0 Å². The highest BCUT2D eigenvalue weighted by Crippen LogP contribution is 2.20. The van der Waals surface area contributed by atoms with Gasteiger partial charge in [-0.15, -0.1) is 0 Å². The molecule has 0 fully saturated rings. The molecule has 0 bridgehead atoms. The molecule has 0 N–H and O–H groups in total. The SMILES string of the molecule is C=C1C=C(OC)CN1C(C)C. The molecule has 11 heavy (non-hydrogen) atoms. The Morgan fingerprint density at radius 1 is 1.64 bits per heavy atom. The number of nitrogens with zero attached hydrogens (tertiary/aromatic N) is 1. The van der Waals surface area contributed by atoms with Gasteiger partial charge in [-0.25, -0.2) is 0 Å². The van der Waals surface area contributed by atoms with Crippen LogP contribution in [-0.2, 0) is 4.74 Å². The summed E-state index contributed by atoms with van der Waals surface area (Å²) in [5, 5.41) is 0. The minimum absolute atomic E-state index is 0.506. The lowest BCUT2D eigenvalue weighted by Gasteiger charge is -2.23. The Morgan fingerprint density at radius 3 is 2.55 bits per heavy atom. The van der Waals surface area contributed by atoms with Crippen molar-refractivity contribution < 1.29 is 4.74 Å². The normalized spacial score (nSPS) is 17.6. The van der Waals surface area contributed by atoms with Crippen LogP contribution in [-0.4, -0.2) is 24.6 Å². The molecule has 1 aliphatic rings. The fourth-order valence-electron chi connectivity index (χ4n) is 1.22. The zero-order valence-electron chi connectivity index (χ0n) is 7.42. The Labute approximate surface area is 68.1 Å². The zero-order valence-corrected chi connectivity index (χ0v) is 7.42. The first-order valence-corrected chi connectivity index (χ1v) is 3.85. The second-order valence-electron chi connectivity index (χ2n) is 3.03. The van der Waals surface area contributed by atoms with Crippen molar-refractivity contribution in [2.75, 3.05) is 13.7 Å². The van der Waals surface area contributed by atoms with Crippen molar-refractivity contribution in [1.29, 1.82) is 0 Å². The molecule has 0 amide bonds. The number of methoxy groups -OCH3 is 1. The minimum Gasteiger partial charge on any atom is -0.499 e. The summed E-state index contributed by atoms with van der Waals surface area (Å²) in [5.41, 5.74) is 1.05. The summed E-state index contributed by atoms with van der Waals surface area (Å²) < 4.78 is 5.12. The summed E-state index contributed by atoms with van der Waals surface area (Å²) in [4.78, 5) is 2.21. The average Bonchev–Trinajstić information content (AvgIpc) is 2.30. The van der Waals surface area contributed by atoms with Crippen molar-refractivity contribution in [3.05, 3.63) is 24.1 Å². The van der Waals surface area contributed by atoms with Crippen molar-refractivity contribution in [2.24, 2.45) is 0 Å². The number of rotatable bonds is 2. The molecule has 0 aromatic heterocycles. The molecule has 0 spiro atoms. The summed E-state index contributed by atoms with van der Waals surface area (Å²) in [5.74, 6) is 1.00. The van der Waals surface area contributed by atoms with Gasteiger partial charge < -0.3 is 9.64 Å². The second-order valence-corrected chi connectivity index (χ2v) is 3.03. The molecule has 1 heterocycles. The standard InChI is InChI=1S/C9H15NO/c1-7(2)10-6-9(11-4)5-8(10)3/h5,7H,3,6H2,1-2,4H3. The van der Waals surface area contributed by atoms with E-state index >= 15 is 0 Å². The van der Waals surface area contributed by atoms with Crippen molar-refractivity contribution in [2.45, 2.75) is 19.9 Å². The van der Waals surface area contributed by atoms with Crippen LogP contribution < -0.4 is 0 Å². The molecule has 1 rings (SSSR count). The zero-order chi connectivity index (χ0) is 8.43. The number of hydrogen-bond acceptors (Lipinski definition) is 2. The fraction of sp³-hybridized carbons (Fsp3) is 0.556. The van der Waals surface area contributed by atoms with Crippen molar-refractivity contribution >= 4 is 0 Å². The summed E-state index contributed by atoms with van der Waals surface area (Å²) in [7, 11) is 1.70. The van der Waals surface area contributed by atoms with Gasteiger partial charge >= 0.3 is 0 Å². The van der Waals surface area contributed by atoms with E-state index in [1.54, 1.807) is 7.11 Å². The van der Waals surface area contributed by atoms with E-state index in [0.717, 1.165) is 18.0 Å². The third-order valence-electron chi connectivity index (χ3n) is 1.91. The van der Waals surface area contributed by atoms with Gasteiger partial charge in [0.1, 0.15) is 5.76 Å². The fourth-order valence-corrected chi connectivity index (χ4v) is 1.22. The molecule has 0 aliphatic carbocycles. The predicted molar refractivity (Wildman–Crippen MR) is 46.1 cm³/mol. The predicted octanol–water partition coefficient (Wildman–Crippen LogP) is 1.75. The van der Waals surface area contributed by atoms with E-state index in [0.29, 0.717) is 6.04 Å². The molecule has 0 unspecified atom stereocenters. The van der Waals surface area contributed by atoms with Crippen LogP contribution in [0.15, 0.2) is 24.1 Å². The molecule has 0 saturated heterocycles. The van der Waals surface area contributed by atoms with Crippen LogP contribution in [0.25, 0.3) is 0 Å². The number of ether oxygens (including phenoxy) is 1. The third kappa shape index (κ3) is 1.56. The van der Waals surface area contributed by atoms with Gasteiger partial charge in [-0.1, -0.05) is 6.58 Å². The molecule has 0 radical (unpaired) electrons. The first kappa shape index (κ1) is 8.18. The Kier molecular flexibility index (Phi) is 2.22. The quantitative estimate of drug-likeness (QED) is 0.599. The molecule has 0 aromatic carbocycles. The van der Waals surface area contributed by atoms with E-state index in [9.17, 15) is 0 Å². The Balaban J connectivity index is 2.62. The van der Waals surface area contributed by atoms with Gasteiger partial charge in [0.15, 0.2) is 0 Å². The van der Waals surface area contributed by atoms with Crippen LogP contribution in [0.2, 0.25) is 0 Å². The highest BCUT2D eigenvalue weighted by atomic mass is 16.5. The van der Waals surface area contributed by atoms with Crippen LogP contribution in [0.5, 0.6) is 0 Å². The monoisotopic (exact) mass is 153 g/mol. The number of hydrogen-bond donors (Lipinski definition) is 0. The lowest BCUT2D eigenvalue weighted by Crippen LogP contribution is -2.26. The van der Waals surface area contributed by atoms with Crippen molar-refractivity contribution in [3.8, 4) is 0 Å². The Bertz CT molecular complexity index is 194. The summed E-state index contributed by atoms with van der Waals surface area (Å²) in [6, 6.07) is 0.506. The van der Waals surface area contributed by atoms with Gasteiger partial charge in [0.2, 0.25) is 0 Å². The molecule has 2 nitrogen and oxygen atoms in total. The van der Waals surface area contributed by atoms with Gasteiger partial charge in [-0.3, -0.25) is 0 Å². The van der Waals surface area contributed by atoms with Crippen molar-refractivity contribution in [1.82, 2.24) is 4.90 Å². The Hall–Kier alpha value is -0.920. The lowest BCUT2D eigenvalue weighted by molar-refractivity contribution is 0.241. The van der Waals surface area contributed by atoms with Crippen LogP contribution >= 0.6 is 0 Å². The van der Waals surface area contributed by atoms with Crippen LogP contribution in [0.1, 0.15) is 13.8 Å². The van der Waals surface area contributed by atoms with Gasteiger partial charge in [0.05, 0.1) is 13.7 Å².